The number of carbonyl (C=O) groups excluding carboxylic acids is 2. The van der Waals surface area contributed by atoms with Crippen LogP contribution in [0.25, 0.3) is 0 Å². The van der Waals surface area contributed by atoms with Gasteiger partial charge in [-0.25, -0.2) is 0 Å². The van der Waals surface area contributed by atoms with Crippen molar-refractivity contribution in [1.29, 1.82) is 0 Å². The zero-order valence-electron chi connectivity index (χ0n) is 9.91. The lowest BCUT2D eigenvalue weighted by atomic mass is 9.93. The van der Waals surface area contributed by atoms with E-state index in [0.29, 0.717) is 24.1 Å². The maximum atomic E-state index is 11.9. The third kappa shape index (κ3) is 1.96. The van der Waals surface area contributed by atoms with Gasteiger partial charge in [0.1, 0.15) is 5.56 Å². The van der Waals surface area contributed by atoms with Gasteiger partial charge >= 0.3 is 0 Å². The van der Waals surface area contributed by atoms with Crippen molar-refractivity contribution in [3.63, 3.8) is 0 Å². The molecule has 1 amide bonds. The number of carbonyl (C=O) groups is 2. The predicted molar refractivity (Wildman–Crippen MR) is 64.8 cm³/mol. The second kappa shape index (κ2) is 4.08. The molecule has 0 aliphatic heterocycles. The molecular weight excluding hydrogens is 232 g/mol. The Morgan fingerprint density at radius 1 is 1.28 bits per heavy atom. The van der Waals surface area contributed by atoms with E-state index in [4.69, 9.17) is 0 Å². The minimum absolute atomic E-state index is 0.00738. The van der Waals surface area contributed by atoms with Crippen LogP contribution in [0.3, 0.4) is 0 Å². The van der Waals surface area contributed by atoms with Crippen molar-refractivity contribution < 1.29 is 9.59 Å². The van der Waals surface area contributed by atoms with Gasteiger partial charge in [-0.15, -0.1) is 0 Å². The number of aromatic nitrogens is 1. The molecule has 94 valence electrons. The molecule has 0 saturated heterocycles. The highest BCUT2D eigenvalue weighted by Gasteiger charge is 2.26. The van der Waals surface area contributed by atoms with Crippen LogP contribution in [0.2, 0.25) is 0 Å². The average Bonchev–Trinajstić information content (AvgIpc) is 3.12. The third-order valence-corrected chi connectivity index (χ3v) is 3.41. The van der Waals surface area contributed by atoms with Gasteiger partial charge in [0.05, 0.1) is 0 Å². The largest absolute Gasteiger partial charge is 0.349 e. The summed E-state index contributed by atoms with van der Waals surface area (Å²) in [5.41, 5.74) is 0.818. The van der Waals surface area contributed by atoms with Crippen molar-refractivity contribution in [1.82, 2.24) is 10.3 Å². The molecule has 5 heteroatoms. The Hall–Kier alpha value is -1.91. The monoisotopic (exact) mass is 246 g/mol. The molecule has 0 spiro atoms. The molecule has 0 radical (unpaired) electrons. The van der Waals surface area contributed by atoms with Gasteiger partial charge in [0.2, 0.25) is 0 Å². The standard InChI is InChI=1S/C13H14N2O3/c16-11-3-1-2-10-8(11)6-9(13(18)15-10)12(17)14-7-4-5-7/h6-7H,1-5H2,(H,14,17)(H,15,18). The topological polar surface area (TPSA) is 79.0 Å². The van der Waals surface area contributed by atoms with E-state index in [0.717, 1.165) is 19.3 Å². The van der Waals surface area contributed by atoms with Crippen LogP contribution >= 0.6 is 0 Å². The number of nitrogens with one attached hydrogen (secondary N) is 2. The summed E-state index contributed by atoms with van der Waals surface area (Å²) in [4.78, 5) is 38.1. The van der Waals surface area contributed by atoms with Crippen LogP contribution in [-0.4, -0.2) is 22.7 Å². The molecule has 0 aromatic carbocycles. The predicted octanol–water partition coefficient (Wildman–Crippen LogP) is 0.786. The normalized spacial score (nSPS) is 18.3. The quantitative estimate of drug-likeness (QED) is 0.809. The summed E-state index contributed by atoms with van der Waals surface area (Å²) in [7, 11) is 0. The number of hydrogen-bond acceptors (Lipinski definition) is 3. The van der Waals surface area contributed by atoms with Crippen molar-refractivity contribution in [3.05, 3.63) is 33.2 Å². The van der Waals surface area contributed by atoms with Gasteiger partial charge in [0.25, 0.3) is 11.5 Å². The highest BCUT2D eigenvalue weighted by Crippen LogP contribution is 2.21. The van der Waals surface area contributed by atoms with Crippen molar-refractivity contribution in [2.45, 2.75) is 38.1 Å². The Kier molecular flexibility index (Phi) is 2.54. The first-order chi connectivity index (χ1) is 8.65. The Morgan fingerprint density at radius 2 is 2.06 bits per heavy atom. The molecule has 5 nitrogen and oxygen atoms in total. The van der Waals surface area contributed by atoms with Crippen LogP contribution in [0, 0.1) is 0 Å². The maximum absolute atomic E-state index is 11.9. The smallest absolute Gasteiger partial charge is 0.261 e. The first-order valence-electron chi connectivity index (χ1n) is 6.25. The minimum Gasteiger partial charge on any atom is -0.349 e. The molecule has 1 heterocycles. The van der Waals surface area contributed by atoms with Gasteiger partial charge in [-0.3, -0.25) is 14.4 Å². The molecule has 3 rings (SSSR count). The van der Waals surface area contributed by atoms with E-state index in [1.165, 1.54) is 6.07 Å². The maximum Gasteiger partial charge on any atom is 0.261 e. The van der Waals surface area contributed by atoms with Crippen molar-refractivity contribution in [2.75, 3.05) is 0 Å². The van der Waals surface area contributed by atoms with E-state index in [2.05, 4.69) is 10.3 Å². The van der Waals surface area contributed by atoms with Crippen LogP contribution in [-0.2, 0) is 6.42 Å². The number of aryl methyl sites for hydroxylation is 1. The van der Waals surface area contributed by atoms with Gasteiger partial charge in [0.15, 0.2) is 5.78 Å². The SMILES string of the molecule is O=C1CCCc2[nH]c(=O)c(C(=O)NC3CC3)cc21. The van der Waals surface area contributed by atoms with Crippen molar-refractivity contribution in [2.24, 2.45) is 0 Å². The molecule has 1 aromatic heterocycles. The molecule has 0 bridgehead atoms. The van der Waals surface area contributed by atoms with Crippen LogP contribution in [0.5, 0.6) is 0 Å². The lowest BCUT2D eigenvalue weighted by Crippen LogP contribution is -2.32. The second-order valence-electron chi connectivity index (χ2n) is 4.93. The van der Waals surface area contributed by atoms with E-state index in [1.54, 1.807) is 0 Å². The Labute approximate surface area is 104 Å². The third-order valence-electron chi connectivity index (χ3n) is 3.41. The number of fused-ring (bicyclic) bond motifs is 1. The summed E-state index contributed by atoms with van der Waals surface area (Å²) in [6.45, 7) is 0. The minimum atomic E-state index is -0.401. The highest BCUT2D eigenvalue weighted by atomic mass is 16.2. The molecular formula is C13H14N2O3. The summed E-state index contributed by atoms with van der Waals surface area (Å²) >= 11 is 0. The zero-order chi connectivity index (χ0) is 12.7. The number of ketones is 1. The van der Waals surface area contributed by atoms with Crippen molar-refractivity contribution in [3.8, 4) is 0 Å². The Balaban J connectivity index is 1.99. The van der Waals surface area contributed by atoms with E-state index in [-0.39, 0.29) is 23.3 Å². The number of aromatic amines is 1. The average molecular weight is 246 g/mol. The summed E-state index contributed by atoms with van der Waals surface area (Å²) in [5.74, 6) is -0.368. The van der Waals surface area contributed by atoms with Gasteiger partial charge in [-0.2, -0.15) is 0 Å². The zero-order valence-corrected chi connectivity index (χ0v) is 9.91. The lowest BCUT2D eigenvalue weighted by molar-refractivity contribution is 0.0949. The molecule has 1 fully saturated rings. The summed E-state index contributed by atoms with van der Waals surface area (Å²) in [5, 5.41) is 2.76. The number of Topliss-reactive ketones (excluding diaryl/α,β-unsaturated/α-hetero) is 1. The van der Waals surface area contributed by atoms with Crippen LogP contribution in [0.1, 0.15) is 52.1 Å². The van der Waals surface area contributed by atoms with Crippen LogP contribution in [0.4, 0.5) is 0 Å². The number of H-pyrrole nitrogens is 1. The van der Waals surface area contributed by atoms with Gasteiger partial charge in [-0.05, 0) is 31.7 Å². The number of amides is 1. The Morgan fingerprint density at radius 3 is 2.78 bits per heavy atom. The van der Waals surface area contributed by atoms with Gasteiger partial charge < -0.3 is 10.3 Å². The fraction of sp³-hybridized carbons (Fsp3) is 0.462. The summed E-state index contributed by atoms with van der Waals surface area (Å²) in [6.07, 6.45) is 3.87. The van der Waals surface area contributed by atoms with E-state index in [1.807, 2.05) is 0 Å². The van der Waals surface area contributed by atoms with E-state index >= 15 is 0 Å². The first kappa shape index (κ1) is 11.2. The number of pyridine rings is 1. The molecule has 18 heavy (non-hydrogen) atoms. The number of hydrogen-bond donors (Lipinski definition) is 2. The lowest BCUT2D eigenvalue weighted by Gasteiger charge is -2.14. The number of rotatable bonds is 2. The summed E-state index contributed by atoms with van der Waals surface area (Å²) < 4.78 is 0. The first-order valence-corrected chi connectivity index (χ1v) is 6.25. The summed E-state index contributed by atoms with van der Waals surface area (Å²) in [6, 6.07) is 1.65. The fourth-order valence-corrected chi connectivity index (χ4v) is 2.23. The molecule has 1 aromatic rings. The molecule has 2 aliphatic carbocycles. The van der Waals surface area contributed by atoms with Crippen molar-refractivity contribution >= 4 is 11.7 Å². The molecule has 0 unspecified atom stereocenters. The fourth-order valence-electron chi connectivity index (χ4n) is 2.23. The van der Waals surface area contributed by atoms with Gasteiger partial charge in [-0.1, -0.05) is 0 Å². The molecule has 1 saturated carbocycles. The highest BCUT2D eigenvalue weighted by molar-refractivity contribution is 6.01. The molecule has 2 aliphatic rings. The molecule has 2 N–H and O–H groups in total. The van der Waals surface area contributed by atoms with Crippen LogP contribution in [0.15, 0.2) is 10.9 Å². The molecule has 0 atom stereocenters. The Bertz CT molecular complexity index is 584. The van der Waals surface area contributed by atoms with Crippen LogP contribution < -0.4 is 10.9 Å². The van der Waals surface area contributed by atoms with E-state index < -0.39 is 5.56 Å². The van der Waals surface area contributed by atoms with E-state index in [9.17, 15) is 14.4 Å². The second-order valence-corrected chi connectivity index (χ2v) is 4.93. The van der Waals surface area contributed by atoms with Gasteiger partial charge in [0, 0.05) is 23.7 Å².